The Morgan fingerprint density at radius 3 is 2.45 bits per heavy atom. The highest BCUT2D eigenvalue weighted by Crippen LogP contribution is 2.38. The lowest BCUT2D eigenvalue weighted by Crippen LogP contribution is -2.26. The van der Waals surface area contributed by atoms with Crippen molar-refractivity contribution >= 4 is 22.9 Å². The minimum atomic E-state index is -1.10. The summed E-state index contributed by atoms with van der Waals surface area (Å²) in [5.74, 6) is -1.04. The number of aliphatic hydroxyl groups is 2. The van der Waals surface area contributed by atoms with Crippen molar-refractivity contribution in [1.82, 2.24) is 10.0 Å². The number of carbonyl (C=O) groups excluding carboxylic acids is 1. The van der Waals surface area contributed by atoms with Crippen LogP contribution in [0.1, 0.15) is 38.4 Å². The molecule has 4 N–H and O–H groups in total. The summed E-state index contributed by atoms with van der Waals surface area (Å²) in [5.41, 5.74) is 5.11. The Balaban J connectivity index is 2.03. The van der Waals surface area contributed by atoms with Gasteiger partial charge >= 0.3 is 0 Å². The molecule has 3 rings (SSSR count). The fourth-order valence-electron chi connectivity index (χ4n) is 3.83. The molecule has 0 aliphatic rings. The average molecular weight is 426 g/mol. The van der Waals surface area contributed by atoms with Gasteiger partial charge < -0.3 is 14.8 Å². The second-order valence-corrected chi connectivity index (χ2v) is 7.80. The number of hydrogen-bond acceptors (Lipinski definition) is 4. The Kier molecular flexibility index (Phi) is 7.22. The van der Waals surface area contributed by atoms with E-state index in [-0.39, 0.29) is 24.7 Å². The first-order valence-corrected chi connectivity index (χ1v) is 10.2. The third kappa shape index (κ3) is 5.19. The molecule has 0 fully saturated rings. The van der Waals surface area contributed by atoms with Crippen molar-refractivity contribution in [3.05, 3.63) is 66.1 Å². The number of para-hydroxylation sites is 1. The maximum Gasteiger partial charge on any atom is 0.245 e. The zero-order chi connectivity index (χ0) is 22.5. The summed E-state index contributed by atoms with van der Waals surface area (Å²) in [6, 6.07) is 14.4. The maximum atomic E-state index is 13.5. The normalized spacial score (nSPS) is 13.8. The highest BCUT2D eigenvalue weighted by Gasteiger charge is 2.19. The van der Waals surface area contributed by atoms with Gasteiger partial charge in [0.05, 0.1) is 18.6 Å². The Morgan fingerprint density at radius 1 is 1.13 bits per heavy atom. The van der Waals surface area contributed by atoms with Gasteiger partial charge in [0.25, 0.3) is 0 Å². The molecule has 0 radical (unpaired) electrons. The summed E-state index contributed by atoms with van der Waals surface area (Å²) in [6.45, 7) is 4.12. The summed E-state index contributed by atoms with van der Waals surface area (Å²) in [7, 11) is 0. The standard InChI is InChI=1S/C24H27FN2O4/c1-15(2)27-21-6-4-3-5-20(21)24(16-7-9-17(25)10-8-16)22(27)12-11-18(28)13-19(29)14-23(30)26-31/h3-12,15,18-19,28-29,31H,13-14H2,1-2H3,(H,26,30)/t18-,19-/m1/s1. The molecule has 0 saturated heterocycles. The van der Waals surface area contributed by atoms with Crippen molar-refractivity contribution in [3.8, 4) is 11.1 Å². The third-order valence-electron chi connectivity index (χ3n) is 5.13. The first kappa shape index (κ1) is 22.7. The third-order valence-corrected chi connectivity index (χ3v) is 5.13. The molecule has 0 unspecified atom stereocenters. The molecule has 3 aromatic rings. The van der Waals surface area contributed by atoms with Crippen molar-refractivity contribution in [3.63, 3.8) is 0 Å². The second-order valence-electron chi connectivity index (χ2n) is 7.80. The van der Waals surface area contributed by atoms with Crippen molar-refractivity contribution in [2.75, 3.05) is 0 Å². The number of benzene rings is 2. The van der Waals surface area contributed by atoms with Crippen LogP contribution in [0, 0.1) is 5.82 Å². The van der Waals surface area contributed by atoms with Gasteiger partial charge in [0.15, 0.2) is 0 Å². The molecule has 7 heteroatoms. The summed E-state index contributed by atoms with van der Waals surface area (Å²) >= 11 is 0. The van der Waals surface area contributed by atoms with E-state index in [0.29, 0.717) is 0 Å². The number of fused-ring (bicyclic) bond motifs is 1. The van der Waals surface area contributed by atoms with Gasteiger partial charge in [-0.3, -0.25) is 10.0 Å². The number of rotatable bonds is 8. The summed E-state index contributed by atoms with van der Waals surface area (Å²) in [6.07, 6.45) is 0.898. The monoisotopic (exact) mass is 426 g/mol. The predicted molar refractivity (Wildman–Crippen MR) is 118 cm³/mol. The van der Waals surface area contributed by atoms with Crippen molar-refractivity contribution < 1.29 is 24.6 Å². The van der Waals surface area contributed by atoms with Crippen LogP contribution < -0.4 is 5.48 Å². The smallest absolute Gasteiger partial charge is 0.245 e. The number of carbonyl (C=O) groups is 1. The molecule has 0 bridgehead atoms. The zero-order valence-corrected chi connectivity index (χ0v) is 17.5. The van der Waals surface area contributed by atoms with Crippen molar-refractivity contribution in [2.24, 2.45) is 0 Å². The van der Waals surface area contributed by atoms with Crippen LogP contribution in [0.25, 0.3) is 28.1 Å². The second kappa shape index (κ2) is 9.87. The number of amides is 1. The van der Waals surface area contributed by atoms with Crippen LogP contribution in [0.5, 0.6) is 0 Å². The summed E-state index contributed by atoms with van der Waals surface area (Å²) in [4.78, 5) is 11.2. The van der Waals surface area contributed by atoms with Crippen LogP contribution in [0.3, 0.4) is 0 Å². The number of hydroxylamine groups is 1. The van der Waals surface area contributed by atoms with Gasteiger partial charge in [0.2, 0.25) is 5.91 Å². The quantitative estimate of drug-likeness (QED) is 0.323. The minimum absolute atomic E-state index is 0.0578. The highest BCUT2D eigenvalue weighted by molar-refractivity contribution is 6.01. The number of nitrogens with zero attached hydrogens (tertiary/aromatic N) is 1. The molecule has 2 aromatic carbocycles. The Bertz CT molecular complexity index is 1070. The zero-order valence-electron chi connectivity index (χ0n) is 17.5. The maximum absolute atomic E-state index is 13.5. The molecular weight excluding hydrogens is 399 g/mol. The van der Waals surface area contributed by atoms with E-state index in [1.807, 2.05) is 24.3 Å². The average Bonchev–Trinajstić information content (AvgIpc) is 3.07. The van der Waals surface area contributed by atoms with Gasteiger partial charge in [0.1, 0.15) is 5.82 Å². The van der Waals surface area contributed by atoms with Crippen LogP contribution in [0.4, 0.5) is 4.39 Å². The molecule has 0 spiro atoms. The fraction of sp³-hybridized carbons (Fsp3) is 0.292. The highest BCUT2D eigenvalue weighted by atomic mass is 19.1. The van der Waals surface area contributed by atoms with Gasteiger partial charge in [-0.05, 0) is 43.7 Å². The van der Waals surface area contributed by atoms with Crippen molar-refractivity contribution in [2.45, 2.75) is 44.9 Å². The van der Waals surface area contributed by atoms with E-state index >= 15 is 0 Å². The number of aromatic nitrogens is 1. The van der Waals surface area contributed by atoms with Crippen LogP contribution in [0.15, 0.2) is 54.6 Å². The molecule has 0 aliphatic heterocycles. The van der Waals surface area contributed by atoms with E-state index in [0.717, 1.165) is 27.7 Å². The topological polar surface area (TPSA) is 94.7 Å². The van der Waals surface area contributed by atoms with Crippen LogP contribution in [-0.2, 0) is 4.79 Å². The van der Waals surface area contributed by atoms with Gasteiger partial charge in [0, 0.05) is 34.6 Å². The van der Waals surface area contributed by atoms with Crippen LogP contribution in [-0.4, -0.2) is 38.1 Å². The molecule has 164 valence electrons. The lowest BCUT2D eigenvalue weighted by atomic mass is 10.0. The molecule has 1 amide bonds. The molecule has 6 nitrogen and oxygen atoms in total. The fourth-order valence-corrected chi connectivity index (χ4v) is 3.83. The van der Waals surface area contributed by atoms with E-state index in [2.05, 4.69) is 18.4 Å². The molecular formula is C24H27FN2O4. The Labute approximate surface area is 180 Å². The minimum Gasteiger partial charge on any atom is -0.392 e. The first-order chi connectivity index (χ1) is 14.8. The summed E-state index contributed by atoms with van der Waals surface area (Å²) < 4.78 is 15.7. The lowest BCUT2D eigenvalue weighted by molar-refractivity contribution is -0.131. The number of nitrogens with one attached hydrogen (secondary N) is 1. The largest absolute Gasteiger partial charge is 0.392 e. The van der Waals surface area contributed by atoms with Gasteiger partial charge in [-0.15, -0.1) is 0 Å². The van der Waals surface area contributed by atoms with E-state index in [1.165, 1.54) is 17.6 Å². The molecule has 0 aliphatic carbocycles. The van der Waals surface area contributed by atoms with E-state index in [4.69, 9.17) is 5.21 Å². The number of aliphatic hydroxyl groups excluding tert-OH is 2. The predicted octanol–water partition coefficient (Wildman–Crippen LogP) is 4.05. The van der Waals surface area contributed by atoms with Gasteiger partial charge in [-0.1, -0.05) is 36.4 Å². The molecule has 0 saturated carbocycles. The Hall–Kier alpha value is -3.00. The number of hydrogen-bond donors (Lipinski definition) is 4. The van der Waals surface area contributed by atoms with E-state index < -0.39 is 18.1 Å². The molecule has 1 aromatic heterocycles. The van der Waals surface area contributed by atoms with Crippen LogP contribution >= 0.6 is 0 Å². The van der Waals surface area contributed by atoms with Gasteiger partial charge in [-0.25, -0.2) is 9.87 Å². The lowest BCUT2D eigenvalue weighted by Gasteiger charge is -2.15. The summed E-state index contributed by atoms with van der Waals surface area (Å²) in [5, 5.41) is 29.9. The van der Waals surface area contributed by atoms with E-state index in [9.17, 15) is 19.4 Å². The Morgan fingerprint density at radius 2 is 1.81 bits per heavy atom. The molecule has 1 heterocycles. The molecule has 2 atom stereocenters. The first-order valence-electron chi connectivity index (χ1n) is 10.2. The van der Waals surface area contributed by atoms with Crippen molar-refractivity contribution in [1.29, 1.82) is 0 Å². The van der Waals surface area contributed by atoms with Gasteiger partial charge in [-0.2, -0.15) is 0 Å². The number of halogens is 1. The van der Waals surface area contributed by atoms with Crippen LogP contribution in [0.2, 0.25) is 0 Å². The molecule has 31 heavy (non-hydrogen) atoms. The SMILES string of the molecule is CC(C)n1c(C=C[C@@H](O)C[C@@H](O)CC(=O)NO)c(-c2ccc(F)cc2)c2ccccc21. The van der Waals surface area contributed by atoms with E-state index in [1.54, 1.807) is 24.3 Å².